The summed E-state index contributed by atoms with van der Waals surface area (Å²) in [4.78, 5) is 14.1. The number of rotatable bonds is 1. The minimum Gasteiger partial charge on any atom is -0.312 e. The Bertz CT molecular complexity index is 517. The molecule has 3 heteroatoms. The normalized spacial score (nSPS) is 30.4. The molecule has 2 aliphatic rings. The van der Waals surface area contributed by atoms with Crippen molar-refractivity contribution in [1.82, 2.24) is 0 Å². The van der Waals surface area contributed by atoms with Gasteiger partial charge in [0.1, 0.15) is 0 Å². The van der Waals surface area contributed by atoms with Crippen LogP contribution in [0.3, 0.4) is 0 Å². The molecule has 1 saturated carbocycles. The minimum atomic E-state index is -0.499. The van der Waals surface area contributed by atoms with Gasteiger partial charge < -0.3 is 4.90 Å². The lowest BCUT2D eigenvalue weighted by atomic mass is 9.95. The first-order chi connectivity index (χ1) is 7.75. The smallest absolute Gasteiger partial charge is 0.239 e. The molecule has 3 nitrogen and oxygen atoms in total. The van der Waals surface area contributed by atoms with E-state index in [9.17, 15) is 4.79 Å². The van der Waals surface area contributed by atoms with E-state index in [-0.39, 0.29) is 11.8 Å². The summed E-state index contributed by atoms with van der Waals surface area (Å²) < 4.78 is 0. The highest BCUT2D eigenvalue weighted by molar-refractivity contribution is 6.10. The summed E-state index contributed by atoms with van der Waals surface area (Å²) in [5.41, 5.74) is 1.54. The van der Waals surface area contributed by atoms with E-state index >= 15 is 0 Å². The fraction of sp³-hybridized carbons (Fsp3) is 0.385. The summed E-state index contributed by atoms with van der Waals surface area (Å²) in [5.74, 6) is -0.0135. The quantitative estimate of drug-likeness (QED) is 0.712. The Kier molecular flexibility index (Phi) is 1.68. The lowest BCUT2D eigenvalue weighted by molar-refractivity contribution is -0.120. The molecule has 2 unspecified atom stereocenters. The number of fused-ring (bicyclic) bond motifs is 2. The van der Waals surface area contributed by atoms with E-state index in [0.29, 0.717) is 13.0 Å². The van der Waals surface area contributed by atoms with Crippen molar-refractivity contribution in [3.63, 3.8) is 0 Å². The van der Waals surface area contributed by atoms with Crippen molar-refractivity contribution < 1.29 is 4.79 Å². The van der Waals surface area contributed by atoms with Crippen LogP contribution in [0.1, 0.15) is 18.9 Å². The molecular formula is C13H12N2O. The Morgan fingerprint density at radius 3 is 2.94 bits per heavy atom. The van der Waals surface area contributed by atoms with Gasteiger partial charge in [-0.05, 0) is 25.0 Å². The Hall–Kier alpha value is -1.82. The largest absolute Gasteiger partial charge is 0.312 e. The highest BCUT2D eigenvalue weighted by Gasteiger charge is 2.67. The van der Waals surface area contributed by atoms with E-state index in [4.69, 9.17) is 5.26 Å². The van der Waals surface area contributed by atoms with Gasteiger partial charge in [0.25, 0.3) is 0 Å². The van der Waals surface area contributed by atoms with Crippen LogP contribution in [0.15, 0.2) is 24.3 Å². The van der Waals surface area contributed by atoms with Crippen molar-refractivity contribution in [2.24, 2.45) is 5.92 Å². The number of nitrogens with zero attached hydrogens (tertiary/aromatic N) is 2. The first kappa shape index (κ1) is 9.41. The second-order valence-electron chi connectivity index (χ2n) is 4.42. The molecule has 1 amide bonds. The third kappa shape index (κ3) is 0.856. The van der Waals surface area contributed by atoms with E-state index in [1.807, 2.05) is 31.2 Å². The molecule has 1 aliphatic heterocycles. The van der Waals surface area contributed by atoms with Crippen LogP contribution in [0, 0.1) is 17.2 Å². The highest BCUT2D eigenvalue weighted by atomic mass is 16.2. The van der Waals surface area contributed by atoms with Gasteiger partial charge in [0.05, 0.1) is 17.4 Å². The number of carbonyl (C=O) groups excluding carboxylic acids is 1. The molecule has 0 saturated heterocycles. The van der Waals surface area contributed by atoms with E-state index in [0.717, 1.165) is 11.3 Å². The summed E-state index contributed by atoms with van der Waals surface area (Å²) in [6, 6.07) is 10.1. The third-order valence-corrected chi connectivity index (χ3v) is 3.74. The third-order valence-electron chi connectivity index (χ3n) is 3.74. The van der Waals surface area contributed by atoms with Crippen LogP contribution in [0.25, 0.3) is 0 Å². The molecule has 2 atom stereocenters. The highest BCUT2D eigenvalue weighted by Crippen LogP contribution is 2.61. The van der Waals surface area contributed by atoms with Gasteiger partial charge in [0.15, 0.2) is 0 Å². The van der Waals surface area contributed by atoms with Crippen molar-refractivity contribution in [1.29, 1.82) is 5.26 Å². The van der Waals surface area contributed by atoms with Crippen LogP contribution in [0.2, 0.25) is 0 Å². The lowest BCUT2D eigenvalue weighted by Crippen LogP contribution is -2.32. The number of likely N-dealkylation sites (N-methyl/N-ethyl adjacent to an activating group) is 1. The van der Waals surface area contributed by atoms with Crippen molar-refractivity contribution in [2.45, 2.75) is 18.8 Å². The van der Waals surface area contributed by atoms with Crippen molar-refractivity contribution in [3.05, 3.63) is 29.8 Å². The van der Waals surface area contributed by atoms with Crippen LogP contribution >= 0.6 is 0 Å². The molecule has 1 aromatic rings. The SMILES string of the molecule is CCN1C(=O)C2(CC2C#N)c2ccccc21. The average molecular weight is 212 g/mol. The number of anilines is 1. The molecular weight excluding hydrogens is 200 g/mol. The molecule has 0 radical (unpaired) electrons. The molecule has 1 aromatic carbocycles. The van der Waals surface area contributed by atoms with Crippen molar-refractivity contribution in [3.8, 4) is 6.07 Å². The Morgan fingerprint density at radius 1 is 1.56 bits per heavy atom. The molecule has 80 valence electrons. The van der Waals surface area contributed by atoms with Gasteiger partial charge in [-0.2, -0.15) is 5.26 Å². The molecule has 16 heavy (non-hydrogen) atoms. The zero-order valence-electron chi connectivity index (χ0n) is 9.10. The number of carbonyl (C=O) groups is 1. The zero-order chi connectivity index (χ0) is 11.3. The zero-order valence-corrected chi connectivity index (χ0v) is 9.10. The van der Waals surface area contributed by atoms with E-state index in [1.165, 1.54) is 0 Å². The van der Waals surface area contributed by atoms with Crippen LogP contribution in [-0.2, 0) is 10.2 Å². The monoisotopic (exact) mass is 212 g/mol. The summed E-state index contributed by atoms with van der Waals surface area (Å²) in [5, 5.41) is 9.01. The van der Waals surface area contributed by atoms with Gasteiger partial charge in [-0.25, -0.2) is 0 Å². The number of benzene rings is 1. The van der Waals surface area contributed by atoms with Crippen molar-refractivity contribution in [2.75, 3.05) is 11.4 Å². The molecule has 1 fully saturated rings. The molecule has 1 aliphatic carbocycles. The maximum absolute atomic E-state index is 12.3. The Balaban J connectivity index is 2.19. The van der Waals surface area contributed by atoms with Gasteiger partial charge in [-0.3, -0.25) is 4.79 Å². The van der Waals surface area contributed by atoms with Crippen molar-refractivity contribution >= 4 is 11.6 Å². The summed E-state index contributed by atoms with van der Waals surface area (Å²) in [6.45, 7) is 2.65. The van der Waals surface area contributed by atoms with Crippen LogP contribution in [0.5, 0.6) is 0 Å². The maximum atomic E-state index is 12.3. The van der Waals surface area contributed by atoms with Gasteiger partial charge in [-0.1, -0.05) is 18.2 Å². The van der Waals surface area contributed by atoms with Gasteiger partial charge in [-0.15, -0.1) is 0 Å². The standard InChI is InChI=1S/C13H12N2O/c1-2-15-11-6-4-3-5-10(11)13(12(15)16)7-9(13)8-14/h3-6,9H,2,7H2,1H3. The van der Waals surface area contributed by atoms with E-state index in [2.05, 4.69) is 6.07 Å². The molecule has 0 N–H and O–H groups in total. The van der Waals surface area contributed by atoms with Gasteiger partial charge in [0.2, 0.25) is 5.91 Å². The number of hydrogen-bond acceptors (Lipinski definition) is 2. The number of amides is 1. The topological polar surface area (TPSA) is 44.1 Å². The fourth-order valence-corrected chi connectivity index (χ4v) is 2.82. The molecule has 0 bridgehead atoms. The second kappa shape index (κ2) is 2.85. The predicted octanol–water partition coefficient (Wildman–Crippen LogP) is 1.83. The fourth-order valence-electron chi connectivity index (χ4n) is 2.82. The first-order valence-corrected chi connectivity index (χ1v) is 5.56. The van der Waals surface area contributed by atoms with Gasteiger partial charge in [0, 0.05) is 12.2 Å². The minimum absolute atomic E-state index is 0.114. The number of para-hydroxylation sites is 1. The van der Waals surface area contributed by atoms with Crippen LogP contribution in [0.4, 0.5) is 5.69 Å². The number of nitriles is 1. The second-order valence-corrected chi connectivity index (χ2v) is 4.42. The first-order valence-electron chi connectivity index (χ1n) is 5.56. The summed E-state index contributed by atoms with van der Waals surface area (Å²) in [6.07, 6.45) is 0.690. The van der Waals surface area contributed by atoms with Crippen LogP contribution in [-0.4, -0.2) is 12.5 Å². The van der Waals surface area contributed by atoms with Gasteiger partial charge >= 0.3 is 0 Å². The lowest BCUT2D eigenvalue weighted by Gasteiger charge is -2.14. The summed E-state index contributed by atoms with van der Waals surface area (Å²) in [7, 11) is 0. The van der Waals surface area contributed by atoms with E-state index < -0.39 is 5.41 Å². The number of hydrogen-bond donors (Lipinski definition) is 0. The Labute approximate surface area is 94.3 Å². The summed E-state index contributed by atoms with van der Waals surface area (Å²) >= 11 is 0. The average Bonchev–Trinajstić information content (AvgIpc) is 3.00. The Morgan fingerprint density at radius 2 is 2.31 bits per heavy atom. The van der Waals surface area contributed by atoms with Crippen LogP contribution < -0.4 is 4.90 Å². The van der Waals surface area contributed by atoms with E-state index in [1.54, 1.807) is 4.90 Å². The maximum Gasteiger partial charge on any atom is 0.239 e. The predicted molar refractivity (Wildman–Crippen MR) is 59.9 cm³/mol. The molecule has 0 aromatic heterocycles. The molecule has 3 rings (SSSR count). The molecule has 1 spiro atoms. The molecule has 1 heterocycles.